The first-order valence-corrected chi connectivity index (χ1v) is 8.80. The fourth-order valence-electron chi connectivity index (χ4n) is 2.91. The number of nitrogens with zero attached hydrogens (tertiary/aromatic N) is 2. The van der Waals surface area contributed by atoms with Gasteiger partial charge in [0, 0.05) is 5.56 Å². The lowest BCUT2D eigenvalue weighted by molar-refractivity contribution is 0.0701. The van der Waals surface area contributed by atoms with E-state index in [1.807, 2.05) is 0 Å². The molecule has 2 aromatic heterocycles. The molecule has 27 heavy (non-hydrogen) atoms. The number of thiophene rings is 1. The summed E-state index contributed by atoms with van der Waals surface area (Å²) in [4.78, 5) is 29.2. The summed E-state index contributed by atoms with van der Waals surface area (Å²) in [5, 5.41) is 9.53. The summed E-state index contributed by atoms with van der Waals surface area (Å²) in [5.74, 6) is 0.0514. The monoisotopic (exact) mass is 392 g/mol. The molecule has 0 saturated heterocycles. The second-order valence-electron chi connectivity index (χ2n) is 5.69. The van der Waals surface area contributed by atoms with Gasteiger partial charge in [0.1, 0.15) is 22.2 Å². The van der Waals surface area contributed by atoms with E-state index in [2.05, 4.69) is 4.98 Å². The predicted octanol–water partition coefficient (Wildman–Crippen LogP) is 3.12. The minimum Gasteiger partial charge on any atom is -0.493 e. The number of aromatic carboxylic acids is 1. The van der Waals surface area contributed by atoms with Crippen molar-refractivity contribution in [1.82, 2.24) is 9.55 Å². The van der Waals surface area contributed by atoms with Crippen LogP contribution in [0.1, 0.15) is 15.2 Å². The molecular weight excluding hydrogens is 375 g/mol. The van der Waals surface area contributed by atoms with Gasteiger partial charge in [0.2, 0.25) is 0 Å². The number of carboxylic acid groups (broad SMARTS) is 1. The van der Waals surface area contributed by atoms with E-state index >= 15 is 0 Å². The average Bonchev–Trinajstić information content (AvgIpc) is 3.00. The molecule has 0 atom stereocenters. The van der Waals surface area contributed by atoms with Crippen molar-refractivity contribution in [3.8, 4) is 22.9 Å². The third-order valence-corrected chi connectivity index (χ3v) is 5.37. The normalized spacial score (nSPS) is 11.0. The van der Waals surface area contributed by atoms with E-state index < -0.39 is 18.2 Å². The molecule has 0 aliphatic carbocycles. The lowest BCUT2D eigenvalue weighted by Crippen LogP contribution is -2.24. The van der Waals surface area contributed by atoms with Crippen molar-refractivity contribution in [3.05, 3.63) is 39.0 Å². The highest BCUT2D eigenvalue weighted by atomic mass is 32.1. The van der Waals surface area contributed by atoms with E-state index in [0.717, 1.165) is 11.3 Å². The summed E-state index contributed by atoms with van der Waals surface area (Å²) in [6.07, 6.45) is 0. The van der Waals surface area contributed by atoms with Crippen molar-refractivity contribution < 1.29 is 23.8 Å². The van der Waals surface area contributed by atoms with Crippen molar-refractivity contribution in [3.63, 3.8) is 0 Å². The molecular formula is C18H17FN2O5S. The molecule has 1 N–H and O–H groups in total. The molecule has 0 radical (unpaired) electrons. The molecule has 2 heterocycles. The van der Waals surface area contributed by atoms with E-state index in [-0.39, 0.29) is 22.6 Å². The molecule has 3 aromatic rings. The summed E-state index contributed by atoms with van der Waals surface area (Å²) in [6, 6.07) is 4.98. The Balaban J connectivity index is 2.34. The molecule has 3 rings (SSSR count). The largest absolute Gasteiger partial charge is 0.493 e. The Hall–Kier alpha value is -2.94. The van der Waals surface area contributed by atoms with Crippen LogP contribution in [0.4, 0.5) is 4.39 Å². The lowest BCUT2D eigenvalue weighted by atomic mass is 10.1. The number of carbonyl (C=O) groups is 1. The number of benzene rings is 1. The number of aromatic nitrogens is 2. The first kappa shape index (κ1) is 18.8. The third-order valence-electron chi connectivity index (χ3n) is 4.19. The maximum atomic E-state index is 13.1. The fraction of sp³-hybridized carbons (Fsp3) is 0.278. The van der Waals surface area contributed by atoms with Gasteiger partial charge in [0.25, 0.3) is 5.56 Å². The van der Waals surface area contributed by atoms with Crippen molar-refractivity contribution in [2.75, 3.05) is 20.9 Å². The van der Waals surface area contributed by atoms with E-state index in [1.165, 1.54) is 18.8 Å². The summed E-state index contributed by atoms with van der Waals surface area (Å²) in [6.45, 7) is 0.604. The first-order chi connectivity index (χ1) is 12.9. The Morgan fingerprint density at radius 1 is 1.30 bits per heavy atom. The fourth-order valence-corrected chi connectivity index (χ4v) is 3.92. The molecule has 142 valence electrons. The Morgan fingerprint density at radius 3 is 2.59 bits per heavy atom. The number of ether oxygens (including phenoxy) is 2. The second-order valence-corrected chi connectivity index (χ2v) is 6.69. The van der Waals surface area contributed by atoms with Gasteiger partial charge < -0.3 is 14.6 Å². The number of alkyl halides is 1. The lowest BCUT2D eigenvalue weighted by Gasteiger charge is -2.13. The van der Waals surface area contributed by atoms with Gasteiger partial charge in [-0.1, -0.05) is 0 Å². The van der Waals surface area contributed by atoms with Crippen molar-refractivity contribution in [1.29, 1.82) is 0 Å². The number of halogens is 1. The number of hydrogen-bond acceptors (Lipinski definition) is 6. The molecule has 0 bridgehead atoms. The number of rotatable bonds is 6. The van der Waals surface area contributed by atoms with Crippen LogP contribution in [0.3, 0.4) is 0 Å². The van der Waals surface area contributed by atoms with Gasteiger partial charge in [-0.3, -0.25) is 9.36 Å². The number of fused-ring (bicyclic) bond motifs is 1. The van der Waals surface area contributed by atoms with Gasteiger partial charge in [-0.25, -0.2) is 14.2 Å². The van der Waals surface area contributed by atoms with E-state index in [0.29, 0.717) is 27.5 Å². The van der Waals surface area contributed by atoms with Gasteiger partial charge in [-0.2, -0.15) is 0 Å². The molecule has 0 unspecified atom stereocenters. The topological polar surface area (TPSA) is 90.7 Å². The van der Waals surface area contributed by atoms with E-state index in [4.69, 9.17) is 9.47 Å². The average molecular weight is 392 g/mol. The van der Waals surface area contributed by atoms with Crippen LogP contribution in [0.25, 0.3) is 21.6 Å². The molecule has 0 saturated carbocycles. The molecule has 0 spiro atoms. The number of hydrogen-bond donors (Lipinski definition) is 1. The van der Waals surface area contributed by atoms with E-state index in [1.54, 1.807) is 25.1 Å². The maximum absolute atomic E-state index is 13.1. The molecule has 0 aliphatic rings. The Labute approximate surface area is 157 Å². The van der Waals surface area contributed by atoms with Crippen molar-refractivity contribution >= 4 is 27.5 Å². The number of methoxy groups -OCH3 is 2. The second kappa shape index (κ2) is 7.36. The molecule has 9 heteroatoms. The maximum Gasteiger partial charge on any atom is 0.346 e. The van der Waals surface area contributed by atoms with E-state index in [9.17, 15) is 19.1 Å². The Morgan fingerprint density at radius 2 is 2.00 bits per heavy atom. The molecule has 0 amide bonds. The summed E-state index contributed by atoms with van der Waals surface area (Å²) >= 11 is 0.926. The Kier molecular flexibility index (Phi) is 5.13. The highest BCUT2D eigenvalue weighted by molar-refractivity contribution is 7.20. The predicted molar refractivity (Wildman–Crippen MR) is 100 cm³/mol. The molecule has 0 aliphatic heterocycles. The van der Waals surface area contributed by atoms with Gasteiger partial charge in [0.05, 0.1) is 26.2 Å². The van der Waals surface area contributed by atoms with Gasteiger partial charge in [-0.05, 0) is 30.7 Å². The minimum absolute atomic E-state index is 0.0471. The van der Waals surface area contributed by atoms with Crippen LogP contribution >= 0.6 is 11.3 Å². The molecule has 1 aromatic carbocycles. The number of carboxylic acids is 1. The van der Waals surface area contributed by atoms with Crippen LogP contribution < -0.4 is 15.0 Å². The third kappa shape index (κ3) is 3.14. The van der Waals surface area contributed by atoms with Crippen LogP contribution in [-0.2, 0) is 6.54 Å². The Bertz CT molecular complexity index is 1090. The summed E-state index contributed by atoms with van der Waals surface area (Å²) in [5.41, 5.74) is 0.401. The van der Waals surface area contributed by atoms with Gasteiger partial charge >= 0.3 is 5.97 Å². The highest BCUT2D eigenvalue weighted by Gasteiger charge is 2.22. The van der Waals surface area contributed by atoms with Crippen LogP contribution in [0.15, 0.2) is 23.0 Å². The summed E-state index contributed by atoms with van der Waals surface area (Å²) < 4.78 is 24.8. The van der Waals surface area contributed by atoms with Gasteiger partial charge in [-0.15, -0.1) is 11.3 Å². The molecule has 0 fully saturated rings. The minimum atomic E-state index is -1.13. The zero-order chi connectivity index (χ0) is 19.7. The van der Waals surface area contributed by atoms with Crippen LogP contribution in [0.2, 0.25) is 0 Å². The highest BCUT2D eigenvalue weighted by Crippen LogP contribution is 2.33. The smallest absolute Gasteiger partial charge is 0.346 e. The quantitative estimate of drug-likeness (QED) is 0.693. The molecule has 7 nitrogen and oxygen atoms in total. The first-order valence-electron chi connectivity index (χ1n) is 7.98. The zero-order valence-corrected chi connectivity index (χ0v) is 15.7. The zero-order valence-electron chi connectivity index (χ0n) is 14.9. The van der Waals surface area contributed by atoms with Crippen molar-refractivity contribution in [2.24, 2.45) is 0 Å². The van der Waals surface area contributed by atoms with Crippen molar-refractivity contribution in [2.45, 2.75) is 13.5 Å². The van der Waals surface area contributed by atoms with Crippen LogP contribution in [-0.4, -0.2) is 41.5 Å². The number of aryl methyl sites for hydroxylation is 1. The van der Waals surface area contributed by atoms with Crippen LogP contribution in [0.5, 0.6) is 11.5 Å². The SMILES string of the molecule is COc1ccc(-c2nc3sc(C(=O)O)c(C)c3c(=O)n2CCF)cc1OC. The standard InChI is InChI=1S/C18H17FN2O5S/c1-9-13-16(27-14(9)18(23)24)20-15(21(7-6-19)17(13)22)10-4-5-11(25-2)12(8-10)26-3/h4-5,8H,6-7H2,1-3H3,(H,23,24). The summed E-state index contributed by atoms with van der Waals surface area (Å²) in [7, 11) is 2.98. The van der Waals surface area contributed by atoms with Gasteiger partial charge in [0.15, 0.2) is 11.5 Å². The van der Waals surface area contributed by atoms with Crippen LogP contribution in [0, 0.1) is 6.92 Å².